The van der Waals surface area contributed by atoms with E-state index in [9.17, 15) is 0 Å². The molecule has 3 aliphatic heterocycles. The highest BCUT2D eigenvalue weighted by Gasteiger charge is 2.48. The maximum Gasteiger partial charge on any atom is 0.249 e. The smallest absolute Gasteiger partial charge is 0.249 e. The van der Waals surface area contributed by atoms with E-state index in [4.69, 9.17) is 0 Å². The summed E-state index contributed by atoms with van der Waals surface area (Å²) in [4.78, 5) is 5.52. The van der Waals surface area contributed by atoms with Crippen molar-refractivity contribution in [3.05, 3.63) is 189 Å². The predicted molar refractivity (Wildman–Crippen MR) is 314 cm³/mol. The van der Waals surface area contributed by atoms with E-state index in [0.29, 0.717) is 0 Å². The Morgan fingerprint density at radius 3 is 1.68 bits per heavy atom. The van der Waals surface area contributed by atoms with Crippen LogP contribution in [-0.4, -0.2) is 12.3 Å². The highest BCUT2D eigenvalue weighted by molar-refractivity contribution is 6.99. The highest BCUT2D eigenvalue weighted by Crippen LogP contribution is 2.54. The average Bonchev–Trinajstić information content (AvgIpc) is 3.50. The lowest BCUT2D eigenvalue weighted by molar-refractivity contribution is 0.332. The molecule has 6 aromatic rings. The second kappa shape index (κ2) is 17.0. The Kier molecular flexibility index (Phi) is 11.8. The van der Waals surface area contributed by atoms with Crippen LogP contribution in [0.4, 0.5) is 22.7 Å². The highest BCUT2D eigenvalue weighted by atomic mass is 15.2. The SMILES string of the molecule is C/C(=C\C=C(/c1ccccc1)C(C)(C)c1ccccc1)N1c2cc(C)cc3c2B(c2ccc(cc2)C(C)(C)CCC1(C)C)c1cc2c(cc1N3c1cc3c(cc1C)C(C)(C)CCC3(C)C)C(C)(C)CC2(C)C. The zero-order valence-corrected chi connectivity index (χ0v) is 47.2. The van der Waals surface area contributed by atoms with Gasteiger partial charge in [-0.25, -0.2) is 0 Å². The summed E-state index contributed by atoms with van der Waals surface area (Å²) in [5, 5.41) is 0. The summed E-state index contributed by atoms with van der Waals surface area (Å²) < 4.78 is 0. The van der Waals surface area contributed by atoms with Crippen molar-refractivity contribution in [2.45, 2.75) is 188 Å². The van der Waals surface area contributed by atoms with Crippen LogP contribution < -0.4 is 26.2 Å². The first-order valence-corrected chi connectivity index (χ1v) is 27.3. The minimum absolute atomic E-state index is 0.00454. The van der Waals surface area contributed by atoms with Gasteiger partial charge in [-0.3, -0.25) is 0 Å². The first-order valence-electron chi connectivity index (χ1n) is 27.3. The molecule has 6 aromatic carbocycles. The van der Waals surface area contributed by atoms with Crippen LogP contribution in [0.2, 0.25) is 0 Å². The summed E-state index contributed by atoms with van der Waals surface area (Å²) in [7, 11) is 0. The quantitative estimate of drug-likeness (QED) is 0.121. The van der Waals surface area contributed by atoms with Gasteiger partial charge in [-0.15, -0.1) is 0 Å². The summed E-state index contributed by atoms with van der Waals surface area (Å²) in [6.45, 7) is 41.6. The van der Waals surface area contributed by atoms with Crippen molar-refractivity contribution < 1.29 is 0 Å². The van der Waals surface area contributed by atoms with Crippen molar-refractivity contribution in [1.29, 1.82) is 0 Å². The van der Waals surface area contributed by atoms with E-state index in [1.54, 1.807) is 0 Å². The number of aryl methyl sites for hydroxylation is 2. The van der Waals surface area contributed by atoms with Gasteiger partial charge >= 0.3 is 0 Å². The molecule has 0 N–H and O–H groups in total. The molecule has 0 spiro atoms. The monoisotopic (exact) mass is 951 g/mol. The molecule has 0 radical (unpaired) electrons. The first-order chi connectivity index (χ1) is 33.6. The van der Waals surface area contributed by atoms with Gasteiger partial charge in [-0.05, 0) is 191 Å². The van der Waals surface area contributed by atoms with Crippen molar-refractivity contribution in [2.75, 3.05) is 9.80 Å². The van der Waals surface area contributed by atoms with Gasteiger partial charge in [0.15, 0.2) is 0 Å². The van der Waals surface area contributed by atoms with Crippen molar-refractivity contribution >= 4 is 51.4 Å². The molecule has 2 nitrogen and oxygen atoms in total. The Balaban J connectivity index is 1.31. The van der Waals surface area contributed by atoms with Gasteiger partial charge in [0.05, 0.1) is 0 Å². The molecule has 3 heterocycles. The number of anilines is 4. The molecule has 0 unspecified atom stereocenters. The van der Waals surface area contributed by atoms with E-state index in [-0.39, 0.29) is 44.7 Å². The number of hydrogen-bond acceptors (Lipinski definition) is 2. The van der Waals surface area contributed by atoms with Crippen LogP contribution in [0.1, 0.15) is 186 Å². The fourth-order valence-electron chi connectivity index (χ4n) is 14.3. The average molecular weight is 951 g/mol. The zero-order chi connectivity index (χ0) is 51.7. The number of nitrogens with zero attached hydrogens (tertiary/aromatic N) is 2. The summed E-state index contributed by atoms with van der Waals surface area (Å²) in [5.41, 5.74) is 24.3. The van der Waals surface area contributed by atoms with Crippen LogP contribution in [0.5, 0.6) is 0 Å². The summed E-state index contributed by atoms with van der Waals surface area (Å²) >= 11 is 0. The predicted octanol–water partition coefficient (Wildman–Crippen LogP) is 16.5. The minimum Gasteiger partial charge on any atom is -0.340 e. The second-order valence-corrected chi connectivity index (χ2v) is 27.2. The van der Waals surface area contributed by atoms with Crippen LogP contribution in [0, 0.1) is 13.8 Å². The number of hydrogen-bond donors (Lipinski definition) is 0. The Morgan fingerprint density at radius 2 is 1.06 bits per heavy atom. The third kappa shape index (κ3) is 8.24. The molecule has 372 valence electrons. The molecule has 72 heavy (non-hydrogen) atoms. The maximum atomic E-state index is 2.78. The number of allylic oxidation sites excluding steroid dienone is 4. The molecule has 0 fully saturated rings. The van der Waals surface area contributed by atoms with Crippen molar-refractivity contribution in [3.63, 3.8) is 0 Å². The maximum absolute atomic E-state index is 2.78. The second-order valence-electron chi connectivity index (χ2n) is 27.2. The fourth-order valence-corrected chi connectivity index (χ4v) is 14.3. The Hall–Kier alpha value is -5.54. The van der Waals surface area contributed by atoms with E-state index in [2.05, 4.69) is 261 Å². The first kappa shape index (κ1) is 50.0. The van der Waals surface area contributed by atoms with Gasteiger partial charge in [0.2, 0.25) is 6.71 Å². The Labute approximate surface area is 436 Å². The van der Waals surface area contributed by atoms with Gasteiger partial charge in [-0.2, -0.15) is 0 Å². The van der Waals surface area contributed by atoms with E-state index >= 15 is 0 Å². The summed E-state index contributed by atoms with van der Waals surface area (Å²) in [5.74, 6) is 0. The third-order valence-electron chi connectivity index (χ3n) is 18.6. The number of fused-ring (bicyclic) bond motifs is 9. The number of benzene rings is 6. The normalized spacial score (nSPS) is 20.2. The molecule has 0 amide bonds. The van der Waals surface area contributed by atoms with E-state index in [0.717, 1.165) is 19.3 Å². The van der Waals surface area contributed by atoms with Gasteiger partial charge in [-0.1, -0.05) is 192 Å². The third-order valence-corrected chi connectivity index (χ3v) is 18.6. The Bertz CT molecular complexity index is 3150. The lowest BCUT2D eigenvalue weighted by atomic mass is 9.34. The zero-order valence-electron chi connectivity index (χ0n) is 47.2. The molecular weight excluding hydrogens is 868 g/mol. The topological polar surface area (TPSA) is 6.48 Å². The molecule has 3 heteroatoms. The number of rotatable bonds is 6. The molecule has 11 rings (SSSR count). The largest absolute Gasteiger partial charge is 0.340 e. The van der Waals surface area contributed by atoms with Crippen molar-refractivity contribution in [1.82, 2.24) is 0 Å². The molecule has 0 atom stereocenters. The molecule has 0 saturated heterocycles. The van der Waals surface area contributed by atoms with Crippen LogP contribution in [0.25, 0.3) is 5.57 Å². The standard InChI is InChI=1S/C69H83BN2/c1-45-38-60-62-61(39-45)72(47(3)28-33-52(48-24-20-18-21-25-48)69(16,17)50-26-22-19-23-27-50)68(14,15)37-36-63(4,5)49-29-31-51(32-30-49)70(62)57-41-54-56(67(12,13)44-66(54,10)11)43-59(57)71(60)58-42-55-53(40-46(58)2)64(6,7)34-35-65(55,8)9/h18-33,38-43H,34-37,44H2,1-17H3/b47-28+,52-33+. The van der Waals surface area contributed by atoms with Gasteiger partial charge in [0, 0.05) is 39.4 Å². The molecule has 0 saturated carbocycles. The molecule has 0 aromatic heterocycles. The summed E-state index contributed by atoms with van der Waals surface area (Å²) in [6.07, 6.45) is 10.5. The lowest BCUT2D eigenvalue weighted by Gasteiger charge is -2.48. The van der Waals surface area contributed by atoms with Gasteiger partial charge in [0.25, 0.3) is 0 Å². The van der Waals surface area contributed by atoms with Crippen LogP contribution in [0.3, 0.4) is 0 Å². The molecule has 2 aliphatic carbocycles. The van der Waals surface area contributed by atoms with Gasteiger partial charge < -0.3 is 9.80 Å². The molecule has 5 aliphatic rings. The molecule has 2 bridgehead atoms. The van der Waals surface area contributed by atoms with E-state index < -0.39 is 0 Å². The summed E-state index contributed by atoms with van der Waals surface area (Å²) in [6, 6.07) is 47.7. The van der Waals surface area contributed by atoms with Crippen LogP contribution in [-0.2, 0) is 32.5 Å². The van der Waals surface area contributed by atoms with Crippen molar-refractivity contribution in [2.24, 2.45) is 0 Å². The minimum atomic E-state index is -0.261. The Morgan fingerprint density at radius 1 is 0.528 bits per heavy atom. The van der Waals surface area contributed by atoms with E-state index in [1.807, 2.05) is 0 Å². The molecular formula is C69H83BN2. The van der Waals surface area contributed by atoms with Crippen LogP contribution in [0.15, 0.2) is 139 Å². The van der Waals surface area contributed by atoms with Crippen molar-refractivity contribution in [3.8, 4) is 0 Å². The lowest BCUT2D eigenvalue weighted by Crippen LogP contribution is -2.60. The van der Waals surface area contributed by atoms with E-state index in [1.165, 1.54) is 113 Å². The fraction of sp³-hybridized carbons (Fsp3) is 0.420. The van der Waals surface area contributed by atoms with Crippen LogP contribution >= 0.6 is 0 Å². The van der Waals surface area contributed by atoms with Gasteiger partial charge in [0.1, 0.15) is 0 Å².